The highest BCUT2D eigenvalue weighted by atomic mass is 16.5. The Balaban J connectivity index is 0. The van der Waals surface area contributed by atoms with E-state index in [-0.39, 0.29) is 13.2 Å². The molecule has 0 saturated heterocycles. The maximum absolute atomic E-state index is 9.66. The van der Waals surface area contributed by atoms with E-state index in [1.54, 1.807) is 12.2 Å². The molecule has 0 fully saturated rings. The number of hydrogen-bond donors (Lipinski definition) is 4. The Hall–Kier alpha value is -1.70. The number of carboxylic acid groups (broad SMARTS) is 2. The number of carbonyl (C=O) groups is 2. The molecule has 116 valence electrons. The van der Waals surface area contributed by atoms with Crippen molar-refractivity contribution in [1.82, 2.24) is 0 Å². The Labute approximate surface area is 117 Å². The summed E-state index contributed by atoms with van der Waals surface area (Å²) in [6, 6.07) is 0. The summed E-state index contributed by atoms with van der Waals surface area (Å²) in [5.74, 6) is -2.34. The summed E-state index contributed by atoms with van der Waals surface area (Å²) in [5, 5.41) is 33.8. The highest BCUT2D eigenvalue weighted by Crippen LogP contribution is 2.25. The first-order chi connectivity index (χ1) is 9.37. The number of aliphatic carboxylic acids is 2. The average molecular weight is 290 g/mol. The maximum Gasteiger partial charge on any atom is 0.329 e. The minimum absolute atomic E-state index is 0.0263. The van der Waals surface area contributed by atoms with Crippen molar-refractivity contribution in [3.8, 4) is 0 Å². The van der Waals surface area contributed by atoms with Gasteiger partial charge in [-0.15, -0.1) is 13.2 Å². The second-order valence-corrected chi connectivity index (χ2v) is 4.08. The summed E-state index contributed by atoms with van der Waals surface area (Å²) in [7, 11) is 0. The lowest BCUT2D eigenvalue weighted by atomic mass is 9.83. The summed E-state index contributed by atoms with van der Waals surface area (Å²) < 4.78 is 4.16. The lowest BCUT2D eigenvalue weighted by Crippen LogP contribution is -2.28. The molecule has 7 heteroatoms. The van der Waals surface area contributed by atoms with Crippen LogP contribution in [0.15, 0.2) is 25.3 Å². The third-order valence-corrected chi connectivity index (χ3v) is 2.28. The first kappa shape index (κ1) is 20.6. The Morgan fingerprint density at radius 3 is 1.50 bits per heavy atom. The molecule has 0 saturated carbocycles. The van der Waals surface area contributed by atoms with Gasteiger partial charge in [-0.2, -0.15) is 0 Å². The van der Waals surface area contributed by atoms with Crippen LogP contribution in [0, 0.1) is 5.41 Å². The number of carboxylic acids is 2. The molecule has 0 heterocycles. The van der Waals surface area contributed by atoms with Crippen LogP contribution >= 0.6 is 0 Å². The molecule has 0 rings (SSSR count). The molecule has 0 aliphatic rings. The number of rotatable bonds is 10. The quantitative estimate of drug-likeness (QED) is 0.426. The largest absolute Gasteiger partial charge is 0.480 e. The smallest absolute Gasteiger partial charge is 0.329 e. The van der Waals surface area contributed by atoms with E-state index in [9.17, 15) is 9.59 Å². The fourth-order valence-corrected chi connectivity index (χ4v) is 1.23. The van der Waals surface area contributed by atoms with Gasteiger partial charge in [0.2, 0.25) is 0 Å². The van der Waals surface area contributed by atoms with E-state index < -0.39 is 30.6 Å². The van der Waals surface area contributed by atoms with Crippen molar-refractivity contribution in [1.29, 1.82) is 0 Å². The van der Waals surface area contributed by atoms with Gasteiger partial charge in [-0.05, 0) is 12.8 Å². The van der Waals surface area contributed by atoms with Gasteiger partial charge in [0.1, 0.15) is 13.2 Å². The van der Waals surface area contributed by atoms with Gasteiger partial charge in [0.05, 0.1) is 13.2 Å². The van der Waals surface area contributed by atoms with Gasteiger partial charge in [0, 0.05) is 5.41 Å². The van der Waals surface area contributed by atoms with Crippen LogP contribution in [-0.2, 0) is 14.3 Å². The normalized spacial score (nSPS) is 10.1. The van der Waals surface area contributed by atoms with Gasteiger partial charge in [-0.1, -0.05) is 12.2 Å². The fraction of sp³-hybridized carbons (Fsp3) is 0.538. The van der Waals surface area contributed by atoms with Gasteiger partial charge >= 0.3 is 11.9 Å². The predicted molar refractivity (Wildman–Crippen MR) is 72.3 cm³/mol. The number of aliphatic hydroxyl groups excluding tert-OH is 2. The zero-order valence-corrected chi connectivity index (χ0v) is 11.3. The summed E-state index contributed by atoms with van der Waals surface area (Å²) in [5.41, 5.74) is -0.441. The van der Waals surface area contributed by atoms with Crippen molar-refractivity contribution in [2.45, 2.75) is 12.8 Å². The Kier molecular flexibility index (Phi) is 12.7. The van der Waals surface area contributed by atoms with E-state index in [4.69, 9.17) is 20.4 Å². The Bertz CT molecular complexity index is 282. The number of aliphatic hydroxyl groups is 2. The molecule has 4 N–H and O–H groups in total. The van der Waals surface area contributed by atoms with Crippen LogP contribution < -0.4 is 0 Å². The second-order valence-electron chi connectivity index (χ2n) is 4.08. The van der Waals surface area contributed by atoms with E-state index >= 15 is 0 Å². The Morgan fingerprint density at radius 2 is 1.30 bits per heavy atom. The van der Waals surface area contributed by atoms with Crippen LogP contribution in [0.25, 0.3) is 0 Å². The van der Waals surface area contributed by atoms with Crippen LogP contribution in [0.4, 0.5) is 0 Å². The van der Waals surface area contributed by atoms with Crippen molar-refractivity contribution in [2.24, 2.45) is 5.41 Å². The summed E-state index contributed by atoms with van der Waals surface area (Å²) in [6.45, 7) is 5.96. The molecule has 20 heavy (non-hydrogen) atoms. The van der Waals surface area contributed by atoms with Crippen LogP contribution in [0.1, 0.15) is 12.8 Å². The Morgan fingerprint density at radius 1 is 0.950 bits per heavy atom. The first-order valence-electron chi connectivity index (χ1n) is 5.82. The fourth-order valence-electron chi connectivity index (χ4n) is 1.23. The molecule has 0 aromatic rings. The molecule has 0 radical (unpaired) electrons. The van der Waals surface area contributed by atoms with Crippen molar-refractivity contribution in [2.75, 3.05) is 26.4 Å². The highest BCUT2D eigenvalue weighted by Gasteiger charge is 2.25. The topological polar surface area (TPSA) is 124 Å². The molecule has 0 amide bonds. The van der Waals surface area contributed by atoms with Crippen molar-refractivity contribution in [3.05, 3.63) is 25.3 Å². The van der Waals surface area contributed by atoms with Crippen molar-refractivity contribution in [3.63, 3.8) is 0 Å². The number of allylic oxidation sites excluding steroid dienone is 2. The lowest BCUT2D eigenvalue weighted by molar-refractivity contribution is -0.148. The first-order valence-corrected chi connectivity index (χ1v) is 5.82. The average Bonchev–Trinajstić information content (AvgIpc) is 2.38. The molecule has 0 aliphatic heterocycles. The zero-order chi connectivity index (χ0) is 16.0. The molecular weight excluding hydrogens is 268 g/mol. The molecule has 7 nitrogen and oxygen atoms in total. The third kappa shape index (κ3) is 11.4. The van der Waals surface area contributed by atoms with Gasteiger partial charge in [-0.25, -0.2) is 9.59 Å². The summed E-state index contributed by atoms with van der Waals surface area (Å²) in [4.78, 5) is 19.3. The number of ether oxygens (including phenoxy) is 1. The van der Waals surface area contributed by atoms with E-state index in [0.717, 1.165) is 0 Å². The van der Waals surface area contributed by atoms with Crippen molar-refractivity contribution < 1.29 is 34.8 Å². The van der Waals surface area contributed by atoms with E-state index in [2.05, 4.69) is 17.9 Å². The molecule has 0 spiro atoms. The summed E-state index contributed by atoms with van der Waals surface area (Å²) >= 11 is 0. The lowest BCUT2D eigenvalue weighted by Gasteiger charge is -2.26. The molecule has 0 atom stereocenters. The molecule has 0 bridgehead atoms. The zero-order valence-electron chi connectivity index (χ0n) is 11.3. The molecule has 0 aromatic heterocycles. The molecule has 0 aromatic carbocycles. The molecule has 0 aliphatic carbocycles. The maximum atomic E-state index is 9.66. The molecular formula is C13H22O7. The van der Waals surface area contributed by atoms with Crippen molar-refractivity contribution >= 4 is 11.9 Å². The highest BCUT2D eigenvalue weighted by molar-refractivity contribution is 5.70. The van der Waals surface area contributed by atoms with Gasteiger partial charge in [0.15, 0.2) is 0 Å². The SMILES string of the molecule is C=CCC(CO)(CO)CC=C.O=C(O)COCC(=O)O. The minimum Gasteiger partial charge on any atom is -0.480 e. The van der Waals surface area contributed by atoms with Gasteiger partial charge < -0.3 is 25.2 Å². The minimum atomic E-state index is -1.17. The van der Waals surface area contributed by atoms with Crippen LogP contribution in [0.5, 0.6) is 0 Å². The van der Waals surface area contributed by atoms with Crippen LogP contribution in [0.3, 0.4) is 0 Å². The summed E-state index contributed by atoms with van der Waals surface area (Å²) in [6.07, 6.45) is 4.64. The van der Waals surface area contributed by atoms with Crippen LogP contribution in [0.2, 0.25) is 0 Å². The van der Waals surface area contributed by atoms with Gasteiger partial charge in [-0.3, -0.25) is 0 Å². The van der Waals surface area contributed by atoms with E-state index in [1.165, 1.54) is 0 Å². The monoisotopic (exact) mass is 290 g/mol. The number of hydrogen-bond acceptors (Lipinski definition) is 5. The third-order valence-electron chi connectivity index (χ3n) is 2.28. The van der Waals surface area contributed by atoms with E-state index in [0.29, 0.717) is 12.8 Å². The van der Waals surface area contributed by atoms with E-state index in [1.807, 2.05) is 0 Å². The van der Waals surface area contributed by atoms with Gasteiger partial charge in [0.25, 0.3) is 0 Å². The second kappa shape index (κ2) is 12.3. The van der Waals surface area contributed by atoms with Crippen LogP contribution in [-0.4, -0.2) is 58.8 Å². The molecule has 0 unspecified atom stereocenters. The standard InChI is InChI=1S/C9H16O2.C4H6O5/c1-3-5-9(7-10,8-11)6-4-2;5-3(6)1-9-2-4(7)8/h3-4,10-11H,1-2,5-8H2;1-2H2,(H,5,6)(H,7,8). The predicted octanol–water partition coefficient (Wildman–Crippen LogP) is 0.282.